The fraction of sp³-hybridized carbons (Fsp3) is 0.619. The number of alkyl halides is 3. The Hall–Kier alpha value is -0.995. The van der Waals surface area contributed by atoms with Gasteiger partial charge in [0.05, 0.1) is 22.8 Å². The third-order valence-electron chi connectivity index (χ3n) is 5.57. The van der Waals surface area contributed by atoms with Crippen LogP contribution >= 0.6 is 0 Å². The molecule has 1 aliphatic heterocycles. The second-order valence-corrected chi connectivity index (χ2v) is 11.9. The molecule has 0 radical (unpaired) electrons. The molecule has 1 aliphatic rings. The molecule has 0 bridgehead atoms. The second-order valence-electron chi connectivity index (χ2n) is 9.56. The fourth-order valence-corrected chi connectivity index (χ4v) is 4.43. The van der Waals surface area contributed by atoms with Crippen molar-refractivity contribution in [2.75, 3.05) is 7.05 Å². The van der Waals surface area contributed by atoms with Gasteiger partial charge in [0.1, 0.15) is 4.75 Å². The van der Waals surface area contributed by atoms with E-state index in [-0.39, 0.29) is 5.46 Å². The summed E-state index contributed by atoms with van der Waals surface area (Å²) in [6.07, 6.45) is -3.06. The fourth-order valence-electron chi connectivity index (χ4n) is 3.16. The first kappa shape index (κ1) is 25.3. The number of rotatable bonds is 5. The average molecular weight is 445 g/mol. The van der Waals surface area contributed by atoms with E-state index >= 15 is 0 Å². The zero-order valence-electron chi connectivity index (χ0n) is 18.9. The van der Waals surface area contributed by atoms with Crippen LogP contribution in [-0.4, -0.2) is 39.0 Å². The Labute approximate surface area is 181 Å². The lowest BCUT2D eigenvalue weighted by atomic mass is 9.77. The van der Waals surface area contributed by atoms with Crippen molar-refractivity contribution < 1.29 is 27.0 Å². The van der Waals surface area contributed by atoms with Crippen molar-refractivity contribution in [1.29, 1.82) is 0 Å². The maximum Gasteiger partial charge on any atom is 0.494 e. The van der Waals surface area contributed by atoms with Crippen LogP contribution in [0.15, 0.2) is 30.9 Å². The Morgan fingerprint density at radius 2 is 1.60 bits per heavy atom. The molecule has 1 fully saturated rings. The van der Waals surface area contributed by atoms with Crippen molar-refractivity contribution in [1.82, 2.24) is 4.31 Å². The first-order valence-electron chi connectivity index (χ1n) is 9.76. The molecular formula is C21H31BF3NO3S. The molecule has 9 heteroatoms. The van der Waals surface area contributed by atoms with Gasteiger partial charge in [0, 0.05) is 18.4 Å². The van der Waals surface area contributed by atoms with Crippen LogP contribution in [0, 0.1) is 0 Å². The van der Waals surface area contributed by atoms with Crippen molar-refractivity contribution >= 4 is 23.9 Å². The Morgan fingerprint density at radius 1 is 1.10 bits per heavy atom. The third-order valence-corrected chi connectivity index (χ3v) is 7.37. The van der Waals surface area contributed by atoms with Crippen LogP contribution in [0.4, 0.5) is 13.2 Å². The van der Waals surface area contributed by atoms with Crippen LogP contribution < -0.4 is 5.46 Å². The van der Waals surface area contributed by atoms with E-state index in [9.17, 15) is 17.7 Å². The van der Waals surface area contributed by atoms with Gasteiger partial charge >= 0.3 is 13.3 Å². The first-order valence-corrected chi connectivity index (χ1v) is 10.9. The first-order chi connectivity index (χ1) is 13.4. The largest absolute Gasteiger partial charge is 0.597 e. The van der Waals surface area contributed by atoms with Crippen LogP contribution in [0.1, 0.15) is 65.6 Å². The number of benzene rings is 1. The molecule has 30 heavy (non-hydrogen) atoms. The van der Waals surface area contributed by atoms with Gasteiger partial charge in [0.25, 0.3) is 0 Å². The Bertz CT molecular complexity index is 777. The summed E-state index contributed by atoms with van der Waals surface area (Å²) in [5.41, 5.74) is -1.60. The molecule has 0 unspecified atom stereocenters. The van der Waals surface area contributed by atoms with Crippen LogP contribution in [-0.2, 0) is 26.8 Å². The Kier molecular flexibility index (Phi) is 6.88. The summed E-state index contributed by atoms with van der Waals surface area (Å²) >= 11 is -1.46. The minimum absolute atomic E-state index is 0.264. The van der Waals surface area contributed by atoms with Crippen molar-refractivity contribution in [2.45, 2.75) is 76.6 Å². The zero-order chi connectivity index (χ0) is 23.3. The van der Waals surface area contributed by atoms with E-state index in [2.05, 4.69) is 6.58 Å². The van der Waals surface area contributed by atoms with Crippen LogP contribution in [0.3, 0.4) is 0 Å². The predicted molar refractivity (Wildman–Crippen MR) is 116 cm³/mol. The zero-order valence-corrected chi connectivity index (χ0v) is 19.7. The molecule has 0 saturated carbocycles. The normalized spacial score (nSPS) is 21.0. The minimum atomic E-state index is -4.55. The van der Waals surface area contributed by atoms with E-state index in [0.29, 0.717) is 5.56 Å². The molecule has 2 rings (SSSR count). The van der Waals surface area contributed by atoms with Gasteiger partial charge in [-0.25, -0.2) is 0 Å². The predicted octanol–water partition coefficient (Wildman–Crippen LogP) is 4.63. The monoisotopic (exact) mass is 445 g/mol. The molecule has 0 spiro atoms. The molecule has 0 amide bonds. The number of hydrogen-bond acceptors (Lipinski definition) is 4. The number of halogens is 3. The number of nitrogens with zero attached hydrogens (tertiary/aromatic N) is 1. The van der Waals surface area contributed by atoms with E-state index in [0.717, 1.165) is 12.1 Å². The summed E-state index contributed by atoms with van der Waals surface area (Å²) in [5, 5.41) is 0. The lowest BCUT2D eigenvalue weighted by Crippen LogP contribution is -2.42. The van der Waals surface area contributed by atoms with Crippen LogP contribution in [0.2, 0.25) is 0 Å². The topological polar surface area (TPSA) is 44.8 Å². The molecule has 1 aromatic rings. The van der Waals surface area contributed by atoms with Gasteiger partial charge in [0.2, 0.25) is 0 Å². The summed E-state index contributed by atoms with van der Waals surface area (Å²) in [6.45, 7) is 16.6. The van der Waals surface area contributed by atoms with Gasteiger partial charge in [0.15, 0.2) is 0 Å². The van der Waals surface area contributed by atoms with Crippen molar-refractivity contribution in [3.63, 3.8) is 0 Å². The van der Waals surface area contributed by atoms with E-state index < -0.39 is 52.2 Å². The van der Waals surface area contributed by atoms with Crippen LogP contribution in [0.25, 0.3) is 0 Å². The van der Waals surface area contributed by atoms with Gasteiger partial charge in [-0.3, -0.25) is 0 Å². The molecule has 168 valence electrons. The lowest BCUT2D eigenvalue weighted by Gasteiger charge is -2.34. The highest BCUT2D eigenvalue weighted by atomic mass is 32.2. The number of likely N-dealkylation sites (N-methyl/N-ethyl adjacent to an activating group) is 1. The lowest BCUT2D eigenvalue weighted by molar-refractivity contribution is -0.137. The highest BCUT2D eigenvalue weighted by molar-refractivity contribution is 7.90. The highest BCUT2D eigenvalue weighted by Gasteiger charge is 2.52. The van der Waals surface area contributed by atoms with Crippen molar-refractivity contribution in [2.24, 2.45) is 0 Å². The van der Waals surface area contributed by atoms with Crippen molar-refractivity contribution in [3.05, 3.63) is 42.0 Å². The van der Waals surface area contributed by atoms with Crippen LogP contribution in [0.5, 0.6) is 0 Å². The van der Waals surface area contributed by atoms with Crippen molar-refractivity contribution in [3.8, 4) is 0 Å². The summed E-state index contributed by atoms with van der Waals surface area (Å²) in [6, 6.07) is 3.04. The summed E-state index contributed by atoms with van der Waals surface area (Å²) < 4.78 is 66.7. The Balaban J connectivity index is 2.55. The molecule has 4 nitrogen and oxygen atoms in total. The highest BCUT2D eigenvalue weighted by Crippen LogP contribution is 2.38. The van der Waals surface area contributed by atoms with E-state index in [4.69, 9.17) is 9.31 Å². The minimum Gasteiger partial charge on any atom is -0.597 e. The molecule has 1 aromatic carbocycles. The van der Waals surface area contributed by atoms with E-state index in [1.165, 1.54) is 10.4 Å². The molecule has 2 atom stereocenters. The van der Waals surface area contributed by atoms with Gasteiger partial charge < -0.3 is 13.9 Å². The summed E-state index contributed by atoms with van der Waals surface area (Å²) in [7, 11) is 0.669. The van der Waals surface area contributed by atoms with Gasteiger partial charge in [-0.05, 0) is 65.6 Å². The molecular weight excluding hydrogens is 414 g/mol. The summed E-state index contributed by atoms with van der Waals surface area (Å²) in [4.78, 5) is 0. The molecule has 0 aliphatic carbocycles. The SMILES string of the molecule is C=C[C@H](c1cc(B2OC(C)(C)C(C)(C)O2)cc(C(F)(F)F)c1)N(C)[S@@+]([O-])C(C)(C)C. The van der Waals surface area contributed by atoms with Gasteiger partial charge in [-0.2, -0.15) is 13.2 Å². The Morgan fingerprint density at radius 3 is 2.00 bits per heavy atom. The third kappa shape index (κ3) is 5.07. The maximum absolute atomic E-state index is 13.7. The molecule has 1 heterocycles. The standard InChI is InChI=1S/C21H31BF3NO3S/c1-10-17(26(9)30(27)18(2,3)4)14-11-15(21(23,24)25)13-16(12-14)22-28-19(5,6)20(7,8)29-22/h10-13,17H,1H2,2-9H3/t17-,30+/m1/s1. The molecule has 0 aromatic heterocycles. The average Bonchev–Trinajstić information content (AvgIpc) is 2.80. The maximum atomic E-state index is 13.7. The van der Waals surface area contributed by atoms with Gasteiger partial charge in [-0.15, -0.1) is 10.9 Å². The van der Waals surface area contributed by atoms with Gasteiger partial charge in [-0.1, -0.05) is 18.2 Å². The molecule has 1 saturated heterocycles. The quantitative estimate of drug-likeness (QED) is 0.377. The molecule has 0 N–H and O–H groups in total. The smallest absolute Gasteiger partial charge is 0.494 e. The van der Waals surface area contributed by atoms with E-state index in [1.54, 1.807) is 13.1 Å². The number of hydrogen-bond donors (Lipinski definition) is 0. The second kappa shape index (κ2) is 8.17. The summed E-state index contributed by atoms with van der Waals surface area (Å²) in [5.74, 6) is 0. The van der Waals surface area contributed by atoms with E-state index in [1.807, 2.05) is 48.5 Å².